The molecule has 1 heterocycles. The third-order valence-electron chi connectivity index (χ3n) is 4.95. The zero-order valence-electron chi connectivity index (χ0n) is 12.9. The van der Waals surface area contributed by atoms with Crippen molar-refractivity contribution in [3.63, 3.8) is 0 Å². The van der Waals surface area contributed by atoms with Crippen LogP contribution in [0.2, 0.25) is 0 Å². The van der Waals surface area contributed by atoms with Gasteiger partial charge in [0.25, 0.3) is 5.56 Å². The maximum Gasteiger partial charge on any atom is 0.250 e. The highest BCUT2D eigenvalue weighted by Gasteiger charge is 2.46. The Kier molecular flexibility index (Phi) is 4.16. The minimum atomic E-state index is -0.0869. The number of pyridine rings is 1. The predicted molar refractivity (Wildman–Crippen MR) is 85.3 cm³/mol. The summed E-state index contributed by atoms with van der Waals surface area (Å²) in [7, 11) is 0. The number of nitrogens with two attached hydrogens (primary N) is 1. The van der Waals surface area contributed by atoms with E-state index >= 15 is 0 Å². The van der Waals surface area contributed by atoms with Gasteiger partial charge < -0.3 is 15.6 Å². The molecule has 1 aromatic heterocycles. The van der Waals surface area contributed by atoms with Crippen molar-refractivity contribution in [2.45, 2.75) is 32.4 Å². The normalized spacial score (nSPS) is 29.0. The second kappa shape index (κ2) is 6.08. The minimum absolute atomic E-state index is 0.00610. The number of nitrogens with zero attached hydrogens (tertiary/aromatic N) is 1. The molecule has 0 aliphatic heterocycles. The molecule has 3 N–H and O–H groups in total. The molecule has 5 heteroatoms. The summed E-state index contributed by atoms with van der Waals surface area (Å²) < 4.78 is 1.73. The molecule has 2 bridgehead atoms. The predicted octanol–water partition coefficient (Wildman–Crippen LogP) is 0.812. The van der Waals surface area contributed by atoms with Gasteiger partial charge in [-0.2, -0.15) is 0 Å². The van der Waals surface area contributed by atoms with Crippen molar-refractivity contribution < 1.29 is 4.79 Å². The van der Waals surface area contributed by atoms with E-state index in [4.69, 9.17) is 5.73 Å². The number of carbonyl (C=O) groups excluding carboxylic acids is 1. The summed E-state index contributed by atoms with van der Waals surface area (Å²) in [6.07, 6.45) is 6.02. The molecule has 118 valence electrons. The van der Waals surface area contributed by atoms with Crippen LogP contribution >= 0.6 is 0 Å². The Labute approximate surface area is 130 Å². The number of rotatable bonds is 5. The number of hydrogen-bond acceptors (Lipinski definition) is 3. The molecule has 3 rings (SSSR count). The maximum atomic E-state index is 12.3. The molecule has 22 heavy (non-hydrogen) atoms. The number of nitrogens with one attached hydrogen (secondary N) is 1. The van der Waals surface area contributed by atoms with E-state index in [0.29, 0.717) is 24.9 Å². The number of allylic oxidation sites excluding steroid dienone is 1. The van der Waals surface area contributed by atoms with Crippen LogP contribution < -0.4 is 16.6 Å². The van der Waals surface area contributed by atoms with E-state index in [-0.39, 0.29) is 23.4 Å². The van der Waals surface area contributed by atoms with E-state index < -0.39 is 0 Å². The molecule has 0 saturated heterocycles. The molecule has 0 radical (unpaired) electrons. The minimum Gasteiger partial charge on any atom is -0.356 e. The lowest BCUT2D eigenvalue weighted by molar-refractivity contribution is -0.126. The van der Waals surface area contributed by atoms with Gasteiger partial charge in [-0.05, 0) is 37.7 Å². The van der Waals surface area contributed by atoms with Crippen molar-refractivity contribution in [1.29, 1.82) is 0 Å². The van der Waals surface area contributed by atoms with Crippen molar-refractivity contribution >= 4 is 5.91 Å². The van der Waals surface area contributed by atoms with Crippen LogP contribution in [-0.4, -0.2) is 23.1 Å². The van der Waals surface area contributed by atoms with Crippen LogP contribution in [0, 0.1) is 24.7 Å². The second-order valence-corrected chi connectivity index (χ2v) is 6.35. The first kappa shape index (κ1) is 15.0. The van der Waals surface area contributed by atoms with Crippen LogP contribution in [0.3, 0.4) is 0 Å². The number of fused-ring (bicyclic) bond motifs is 2. The molecule has 1 aromatic rings. The van der Waals surface area contributed by atoms with E-state index in [2.05, 4.69) is 17.5 Å². The van der Waals surface area contributed by atoms with E-state index in [1.54, 1.807) is 16.7 Å². The van der Waals surface area contributed by atoms with Crippen LogP contribution in [0.15, 0.2) is 35.1 Å². The second-order valence-electron chi connectivity index (χ2n) is 6.35. The molecule has 1 amide bonds. The highest BCUT2D eigenvalue weighted by atomic mass is 16.2. The van der Waals surface area contributed by atoms with Gasteiger partial charge in [0.05, 0.1) is 5.92 Å². The Bertz CT molecular complexity index is 650. The van der Waals surface area contributed by atoms with E-state index in [0.717, 1.165) is 18.5 Å². The van der Waals surface area contributed by atoms with Gasteiger partial charge in [0.2, 0.25) is 5.91 Å². The summed E-state index contributed by atoms with van der Waals surface area (Å²) in [6, 6.07) is 5.20. The van der Waals surface area contributed by atoms with Crippen LogP contribution in [0.4, 0.5) is 0 Å². The summed E-state index contributed by atoms with van der Waals surface area (Å²) >= 11 is 0. The molecule has 0 unspecified atom stereocenters. The van der Waals surface area contributed by atoms with Crippen molar-refractivity contribution in [3.8, 4) is 0 Å². The number of hydrogen-bond donors (Lipinski definition) is 2. The number of amides is 1. The Morgan fingerprint density at radius 1 is 1.36 bits per heavy atom. The number of carbonyl (C=O) groups is 1. The Morgan fingerprint density at radius 3 is 2.82 bits per heavy atom. The van der Waals surface area contributed by atoms with E-state index in [9.17, 15) is 9.59 Å². The average Bonchev–Trinajstić information content (AvgIpc) is 3.06. The van der Waals surface area contributed by atoms with Gasteiger partial charge in [-0.1, -0.05) is 18.2 Å². The summed E-state index contributed by atoms with van der Waals surface area (Å²) in [5, 5.41) is 2.98. The standard InChI is InChI=1S/C17H23N3O2/c1-11-4-2-5-14(21)20(11)9-3-8-19-17(22)15-12-6-7-13(10-12)16(15)18/h2,4-7,12-13,15-16H,3,8-10,18H2,1H3,(H,19,22)/t12-,13+,15-,16+/m0/s1. The van der Waals surface area contributed by atoms with Crippen molar-refractivity contribution in [3.05, 3.63) is 46.4 Å². The van der Waals surface area contributed by atoms with Gasteiger partial charge in [0.1, 0.15) is 0 Å². The lowest BCUT2D eigenvalue weighted by atomic mass is 9.89. The first-order chi connectivity index (χ1) is 10.6. The number of aromatic nitrogens is 1. The summed E-state index contributed by atoms with van der Waals surface area (Å²) in [5.41, 5.74) is 7.09. The quantitative estimate of drug-likeness (QED) is 0.624. The van der Waals surface area contributed by atoms with Gasteiger partial charge >= 0.3 is 0 Å². The van der Waals surface area contributed by atoms with E-state index in [1.165, 1.54) is 0 Å². The molecule has 5 nitrogen and oxygen atoms in total. The highest BCUT2D eigenvalue weighted by Crippen LogP contribution is 2.42. The monoisotopic (exact) mass is 301 g/mol. The zero-order chi connectivity index (χ0) is 15.7. The Morgan fingerprint density at radius 2 is 2.14 bits per heavy atom. The third kappa shape index (κ3) is 2.73. The summed E-state index contributed by atoms with van der Waals surface area (Å²) in [4.78, 5) is 24.1. The molecule has 2 aliphatic rings. The highest BCUT2D eigenvalue weighted by molar-refractivity contribution is 5.80. The van der Waals surface area contributed by atoms with Crippen LogP contribution in [-0.2, 0) is 11.3 Å². The number of aryl methyl sites for hydroxylation is 1. The summed E-state index contributed by atoms with van der Waals surface area (Å²) in [5.74, 6) is 0.642. The topological polar surface area (TPSA) is 77.1 Å². The van der Waals surface area contributed by atoms with Gasteiger partial charge in [0, 0.05) is 30.9 Å². The van der Waals surface area contributed by atoms with Crippen molar-refractivity contribution in [2.75, 3.05) is 6.54 Å². The van der Waals surface area contributed by atoms with Crippen molar-refractivity contribution in [1.82, 2.24) is 9.88 Å². The fourth-order valence-electron chi connectivity index (χ4n) is 3.71. The van der Waals surface area contributed by atoms with Gasteiger partial charge in [-0.3, -0.25) is 9.59 Å². The van der Waals surface area contributed by atoms with E-state index in [1.807, 2.05) is 13.0 Å². The molecule has 0 spiro atoms. The Hall–Kier alpha value is -1.88. The maximum absolute atomic E-state index is 12.3. The molecule has 1 fully saturated rings. The first-order valence-electron chi connectivity index (χ1n) is 7.96. The lowest BCUT2D eigenvalue weighted by Gasteiger charge is -2.23. The fraction of sp³-hybridized carbons (Fsp3) is 0.529. The van der Waals surface area contributed by atoms with Crippen LogP contribution in [0.5, 0.6) is 0 Å². The zero-order valence-corrected chi connectivity index (χ0v) is 12.9. The SMILES string of the molecule is Cc1cccc(=O)n1CCCNC(=O)[C@@H]1[C@H](N)[C@@H]2C=C[C@H]1C2. The smallest absolute Gasteiger partial charge is 0.250 e. The first-order valence-corrected chi connectivity index (χ1v) is 7.96. The lowest BCUT2D eigenvalue weighted by Crippen LogP contribution is -2.44. The van der Waals surface area contributed by atoms with Crippen LogP contribution in [0.1, 0.15) is 18.5 Å². The molecule has 2 aliphatic carbocycles. The molecular formula is C17H23N3O2. The molecule has 4 atom stereocenters. The van der Waals surface area contributed by atoms with Gasteiger partial charge in [-0.15, -0.1) is 0 Å². The largest absolute Gasteiger partial charge is 0.356 e. The van der Waals surface area contributed by atoms with Crippen LogP contribution in [0.25, 0.3) is 0 Å². The van der Waals surface area contributed by atoms with Gasteiger partial charge in [-0.25, -0.2) is 0 Å². The molecule has 0 aromatic carbocycles. The molecule has 1 saturated carbocycles. The fourth-order valence-corrected chi connectivity index (χ4v) is 3.71. The van der Waals surface area contributed by atoms with Crippen molar-refractivity contribution in [2.24, 2.45) is 23.5 Å². The molecular weight excluding hydrogens is 278 g/mol. The summed E-state index contributed by atoms with van der Waals surface area (Å²) in [6.45, 7) is 3.11. The third-order valence-corrected chi connectivity index (χ3v) is 4.95. The average molecular weight is 301 g/mol. The Balaban J connectivity index is 1.49. The van der Waals surface area contributed by atoms with Gasteiger partial charge in [0.15, 0.2) is 0 Å².